The van der Waals surface area contributed by atoms with Crippen LogP contribution in [-0.2, 0) is 21.7 Å². The molecule has 82 heavy (non-hydrogen) atoms. The van der Waals surface area contributed by atoms with E-state index in [9.17, 15) is 16.4 Å². The van der Waals surface area contributed by atoms with Crippen LogP contribution in [0.15, 0.2) is 230 Å². The van der Waals surface area contributed by atoms with Gasteiger partial charge in [0.25, 0.3) is 6.33 Å². The number of hydrogen-bond acceptors (Lipinski definition) is 2. The number of benzene rings is 9. The lowest BCUT2D eigenvalue weighted by Gasteiger charge is -2.39. The summed E-state index contributed by atoms with van der Waals surface area (Å²) in [6.07, 6.45) is 5.56. The number of aromatic nitrogens is 4. The van der Waals surface area contributed by atoms with E-state index in [1.807, 2.05) is 137 Å². The minimum absolute atomic E-state index is 0.00666. The molecule has 0 aliphatic carbocycles. The van der Waals surface area contributed by atoms with Gasteiger partial charge in [-0.3, -0.25) is 13.7 Å². The molecule has 0 atom stereocenters. The third-order valence-corrected chi connectivity index (χ3v) is 19.8. The minimum atomic E-state index is -5.81. The van der Waals surface area contributed by atoms with Crippen LogP contribution in [0.1, 0.15) is 126 Å². The number of para-hydroxylation sites is 1. The number of pyridine rings is 1. The van der Waals surface area contributed by atoms with Crippen LogP contribution in [0.4, 0.5) is 0 Å². The summed E-state index contributed by atoms with van der Waals surface area (Å²) in [6, 6.07) is 31.0. The van der Waals surface area contributed by atoms with Crippen molar-refractivity contribution in [1.29, 1.82) is 0 Å². The lowest BCUT2D eigenvalue weighted by atomic mass is 9.79. The smallest absolute Gasteiger partial charge is 0.269 e. The third-order valence-electron chi connectivity index (χ3n) is 15.6. The van der Waals surface area contributed by atoms with Crippen LogP contribution in [0.2, 0.25) is 0 Å². The molecule has 12 aromatic rings. The van der Waals surface area contributed by atoms with E-state index in [0.717, 1.165) is 49.9 Å². The van der Waals surface area contributed by atoms with Gasteiger partial charge in [0.1, 0.15) is 17.3 Å². The summed E-state index contributed by atoms with van der Waals surface area (Å²) in [5.74, 6) is 1.74. The molecule has 0 saturated carbocycles. The van der Waals surface area contributed by atoms with Crippen LogP contribution in [0.5, 0.6) is 11.5 Å². The van der Waals surface area contributed by atoms with Crippen molar-refractivity contribution in [3.8, 4) is 39.8 Å². The van der Waals surface area contributed by atoms with Gasteiger partial charge in [0.2, 0.25) is 0 Å². The topological polar surface area (TPSA) is 35.9 Å². The van der Waals surface area contributed by atoms with Crippen molar-refractivity contribution in [3.63, 3.8) is 0 Å². The summed E-state index contributed by atoms with van der Waals surface area (Å²) in [5, 5.41) is 0.265. The Labute approximate surface area is 507 Å². The SMILES string of the molecule is [2H]c1c([2H])c([2H])c([Si](c2cc(C(C)(C)C)cc(C(C)(C)C)c2-[n+]2[c-]n(-c3cccc(Oc4ccc5c6ccccc6n(-c6cc(C(C)(C)C)ccn6)c5c4)c3)c3cc(-c4ccc(C(C)(C)C)cc4)ccc32)(c2c([2H])c([2H])c([2H])c([2H])c2[2H])c2c([2H])c([2H])c([2H])c([2H])c2[2H])c([2H])c1[2H]. The van der Waals surface area contributed by atoms with Gasteiger partial charge in [0, 0.05) is 23.0 Å². The van der Waals surface area contributed by atoms with Crippen LogP contribution in [0.3, 0.4) is 0 Å². The fraction of sp³-hybridized carbons (Fsp3) is 0.211. The minimum Gasteiger partial charge on any atom is -0.458 e. The second-order valence-corrected chi connectivity index (χ2v) is 28.8. The molecule has 0 bridgehead atoms. The Morgan fingerprint density at radius 3 is 1.67 bits per heavy atom. The van der Waals surface area contributed by atoms with Gasteiger partial charge >= 0.3 is 0 Å². The maximum Gasteiger partial charge on any atom is 0.269 e. The van der Waals surface area contributed by atoms with Crippen LogP contribution < -0.4 is 30.1 Å². The Bertz CT molecular complexity index is 5010. The molecule has 408 valence electrons. The molecule has 6 heteroatoms. The van der Waals surface area contributed by atoms with Crippen molar-refractivity contribution in [1.82, 2.24) is 14.1 Å². The molecule has 0 radical (unpaired) electrons. The highest BCUT2D eigenvalue weighted by Gasteiger charge is 2.45. The van der Waals surface area contributed by atoms with Crippen molar-refractivity contribution in [2.24, 2.45) is 0 Å². The summed E-state index contributed by atoms with van der Waals surface area (Å²) in [5.41, 5.74) is 6.65. The molecule has 3 heterocycles. The van der Waals surface area contributed by atoms with Crippen LogP contribution >= 0.6 is 0 Å². The van der Waals surface area contributed by atoms with Gasteiger partial charge in [-0.2, -0.15) is 0 Å². The maximum atomic E-state index is 10.1. The molecule has 9 aromatic carbocycles. The molecule has 12 rings (SSSR count). The average Bonchev–Trinajstić information content (AvgIpc) is 0.716. The van der Waals surface area contributed by atoms with E-state index in [-0.39, 0.29) is 21.7 Å². The molecule has 0 spiro atoms. The first-order valence-corrected chi connectivity index (χ1v) is 29.7. The summed E-state index contributed by atoms with van der Waals surface area (Å²) >= 11 is 0. The summed E-state index contributed by atoms with van der Waals surface area (Å²) < 4.78 is 157. The van der Waals surface area contributed by atoms with Gasteiger partial charge in [0.15, 0.2) is 8.07 Å². The van der Waals surface area contributed by atoms with E-state index in [4.69, 9.17) is 13.8 Å². The quantitative estimate of drug-likeness (QED) is 0.0592. The second kappa shape index (κ2) is 20.4. The lowest BCUT2D eigenvalue weighted by Crippen LogP contribution is -2.76. The molecule has 3 aromatic heterocycles. The molecule has 0 N–H and O–H groups in total. The van der Waals surface area contributed by atoms with Gasteiger partial charge in [-0.1, -0.05) is 247 Å². The van der Waals surface area contributed by atoms with Crippen LogP contribution in [0, 0.1) is 6.33 Å². The highest BCUT2D eigenvalue weighted by Crippen LogP contribution is 2.38. The first-order valence-electron chi connectivity index (χ1n) is 35.2. The highest BCUT2D eigenvalue weighted by molar-refractivity contribution is 7.20. The van der Waals surface area contributed by atoms with Gasteiger partial charge in [-0.15, -0.1) is 0 Å². The Morgan fingerprint density at radius 1 is 0.476 bits per heavy atom. The first-order chi connectivity index (χ1) is 45.4. The zero-order chi connectivity index (χ0) is 70.4. The maximum absolute atomic E-state index is 10.1. The molecule has 0 unspecified atom stereocenters. The van der Waals surface area contributed by atoms with Crippen LogP contribution in [-0.4, -0.2) is 22.2 Å². The standard InChI is InChI=1S/C76H74N4OSi/c1-73(2,3)54-38-35-52(36-39-54)53-37-42-67-69(45-53)78(57-25-24-26-58(49-57)81-59-40-41-64-63-33-22-23-34-66(63)80(68(64)50-59)71-48-55(43-44-77-71)74(4,5)6)51-79(67)72-65(76(10,11)12)46-56(75(7,8)9)47-70(72)82(60-27-16-13-17-28-60,61-29-18-14-19-30-61)62-31-20-15-21-32-62/h13-50H,1-12H3/i13D,14D,15D,16D,17D,18D,19D,20D,21D,27D,28D,29D,30D,31D,32D. The lowest BCUT2D eigenvalue weighted by molar-refractivity contribution is -0.572. The Morgan fingerprint density at radius 2 is 1.06 bits per heavy atom. The van der Waals surface area contributed by atoms with Gasteiger partial charge < -0.3 is 4.74 Å². The van der Waals surface area contributed by atoms with Gasteiger partial charge in [-0.05, 0) is 130 Å². The van der Waals surface area contributed by atoms with E-state index in [2.05, 4.69) is 94.9 Å². The van der Waals surface area contributed by atoms with Crippen molar-refractivity contribution in [3.05, 3.63) is 259 Å². The third kappa shape index (κ3) is 9.77. The predicted molar refractivity (Wildman–Crippen MR) is 346 cm³/mol. The van der Waals surface area contributed by atoms with Crippen molar-refractivity contribution >= 4 is 61.7 Å². The summed E-state index contributed by atoms with van der Waals surface area (Å²) in [4.78, 5) is 4.89. The normalized spacial score (nSPS) is 15.2. The van der Waals surface area contributed by atoms with Gasteiger partial charge in [0.05, 0.1) is 54.0 Å². The average molecular weight is 1100 g/mol. The van der Waals surface area contributed by atoms with E-state index in [0.29, 0.717) is 39.3 Å². The van der Waals surface area contributed by atoms with E-state index in [1.54, 1.807) is 10.6 Å². The zero-order valence-corrected chi connectivity index (χ0v) is 49.5. The second-order valence-electron chi connectivity index (χ2n) is 25.3. The molecule has 0 aliphatic heterocycles. The number of ether oxygens (including phenoxy) is 1. The fourth-order valence-electron chi connectivity index (χ4n) is 11.2. The van der Waals surface area contributed by atoms with Gasteiger partial charge in [-0.25, -0.2) is 4.98 Å². The highest BCUT2D eigenvalue weighted by atomic mass is 28.3. The molecule has 0 amide bonds. The molecule has 0 aliphatic rings. The molecule has 0 fully saturated rings. The molecular formula is C76H74N4OSi. The predicted octanol–water partition coefficient (Wildman–Crippen LogP) is 16.2. The number of hydrogen-bond donors (Lipinski definition) is 0. The fourth-order valence-corrected chi connectivity index (χ4v) is 15.2. The molecular weight excluding hydrogens is 1010 g/mol. The van der Waals surface area contributed by atoms with E-state index in [1.165, 1.54) is 0 Å². The number of rotatable bonds is 10. The van der Waals surface area contributed by atoms with Crippen molar-refractivity contribution in [2.75, 3.05) is 0 Å². The van der Waals surface area contributed by atoms with E-state index < -0.39 is 125 Å². The number of fused-ring (bicyclic) bond motifs is 4. The molecule has 0 saturated heterocycles. The Balaban J connectivity index is 1.22. The zero-order valence-electron chi connectivity index (χ0n) is 63.5. The number of nitrogens with zero attached hydrogens (tertiary/aromatic N) is 4. The van der Waals surface area contributed by atoms with Crippen molar-refractivity contribution < 1.29 is 29.9 Å². The summed E-state index contributed by atoms with van der Waals surface area (Å²) in [7, 11) is -5.81. The first kappa shape index (κ1) is 39.0. The largest absolute Gasteiger partial charge is 0.458 e. The van der Waals surface area contributed by atoms with Crippen LogP contribution in [0.25, 0.3) is 61.2 Å². The Hall–Kier alpha value is -8.58. The molecule has 5 nitrogen and oxygen atoms in total. The summed E-state index contributed by atoms with van der Waals surface area (Å²) in [6.45, 7) is 24.7. The monoisotopic (exact) mass is 1100 g/mol. The van der Waals surface area contributed by atoms with E-state index >= 15 is 0 Å². The Kier molecular flexibility index (Phi) is 9.71. The number of imidazole rings is 1. The van der Waals surface area contributed by atoms with Crippen molar-refractivity contribution in [2.45, 2.75) is 105 Å².